The van der Waals surface area contributed by atoms with Crippen molar-refractivity contribution in [2.45, 2.75) is 31.7 Å². The molecule has 2 aromatic heterocycles. The lowest BCUT2D eigenvalue weighted by atomic mass is 10.1. The zero-order valence-corrected chi connectivity index (χ0v) is 12.6. The normalized spacial score (nSPS) is 17.9. The fraction of sp³-hybridized carbons (Fsp3) is 0.471. The van der Waals surface area contributed by atoms with Crippen LogP contribution in [0.4, 0.5) is 0 Å². The van der Waals surface area contributed by atoms with Gasteiger partial charge in [-0.3, -0.25) is 14.0 Å². The standard InChI is InChI=1S/C17H19N3O2/c1-19(15(11-5-6-11)12-7-8-12)16(21)13-10-18-14-4-2-3-9-20(14)17(13)22/h2-4,9-12,15H,5-8H2,1H3. The van der Waals surface area contributed by atoms with Gasteiger partial charge in [0.05, 0.1) is 0 Å². The average molecular weight is 297 g/mol. The van der Waals surface area contributed by atoms with Crippen LogP contribution in [0.15, 0.2) is 35.4 Å². The third kappa shape index (κ3) is 2.21. The second kappa shape index (κ2) is 4.93. The molecule has 2 aliphatic rings. The predicted molar refractivity (Wildman–Crippen MR) is 82.8 cm³/mol. The number of fused-ring (bicyclic) bond motifs is 1. The summed E-state index contributed by atoms with van der Waals surface area (Å²) in [6.07, 6.45) is 7.89. The number of carbonyl (C=O) groups is 1. The fourth-order valence-corrected chi connectivity index (χ4v) is 3.39. The number of hydrogen-bond donors (Lipinski definition) is 0. The van der Waals surface area contributed by atoms with Crippen LogP contribution in [0.25, 0.3) is 5.65 Å². The van der Waals surface area contributed by atoms with Crippen LogP contribution >= 0.6 is 0 Å². The lowest BCUT2D eigenvalue weighted by Crippen LogP contribution is -2.42. The molecule has 2 heterocycles. The maximum Gasteiger partial charge on any atom is 0.270 e. The monoisotopic (exact) mass is 297 g/mol. The van der Waals surface area contributed by atoms with E-state index < -0.39 is 0 Å². The second-order valence-corrected chi connectivity index (χ2v) is 6.49. The molecule has 0 N–H and O–H groups in total. The Morgan fingerprint density at radius 1 is 1.27 bits per heavy atom. The van der Waals surface area contributed by atoms with Gasteiger partial charge in [-0.25, -0.2) is 4.98 Å². The Morgan fingerprint density at radius 3 is 2.59 bits per heavy atom. The molecule has 1 amide bonds. The first kappa shape index (κ1) is 13.5. The predicted octanol–water partition coefficient (Wildman–Crippen LogP) is 1.96. The van der Waals surface area contributed by atoms with E-state index in [9.17, 15) is 9.59 Å². The second-order valence-electron chi connectivity index (χ2n) is 6.49. The van der Waals surface area contributed by atoms with Crippen LogP contribution in [0.3, 0.4) is 0 Å². The van der Waals surface area contributed by atoms with Crippen molar-refractivity contribution in [1.29, 1.82) is 0 Å². The Labute approximate surface area is 128 Å². The Hall–Kier alpha value is -2.17. The van der Waals surface area contributed by atoms with Crippen LogP contribution in [0.1, 0.15) is 36.0 Å². The van der Waals surface area contributed by atoms with E-state index in [1.54, 1.807) is 23.2 Å². The summed E-state index contributed by atoms with van der Waals surface area (Å²) in [5.41, 5.74) is 0.443. The molecule has 0 spiro atoms. The molecular formula is C17H19N3O2. The fourth-order valence-electron chi connectivity index (χ4n) is 3.39. The van der Waals surface area contributed by atoms with Crippen molar-refractivity contribution in [2.24, 2.45) is 11.8 Å². The van der Waals surface area contributed by atoms with Gasteiger partial charge >= 0.3 is 0 Å². The van der Waals surface area contributed by atoms with E-state index in [1.807, 2.05) is 13.1 Å². The van der Waals surface area contributed by atoms with Crippen LogP contribution in [0, 0.1) is 11.8 Å². The highest BCUT2D eigenvalue weighted by Crippen LogP contribution is 2.47. The third-order valence-electron chi connectivity index (χ3n) is 4.82. The van der Waals surface area contributed by atoms with E-state index in [4.69, 9.17) is 0 Å². The minimum absolute atomic E-state index is 0.164. The Kier molecular flexibility index (Phi) is 3.03. The zero-order valence-electron chi connectivity index (χ0n) is 12.6. The SMILES string of the molecule is CN(C(=O)c1cnc2ccccn2c1=O)C(C1CC1)C1CC1. The summed E-state index contributed by atoms with van der Waals surface area (Å²) in [6.45, 7) is 0. The van der Waals surface area contributed by atoms with Crippen molar-refractivity contribution < 1.29 is 4.79 Å². The average Bonchev–Trinajstić information content (AvgIpc) is 3.42. The van der Waals surface area contributed by atoms with Crippen LogP contribution in [0.2, 0.25) is 0 Å². The largest absolute Gasteiger partial charge is 0.338 e. The topological polar surface area (TPSA) is 54.7 Å². The number of rotatable bonds is 4. The molecule has 0 aliphatic heterocycles. The number of carbonyl (C=O) groups excluding carboxylic acids is 1. The molecule has 22 heavy (non-hydrogen) atoms. The van der Waals surface area contributed by atoms with Crippen LogP contribution in [0.5, 0.6) is 0 Å². The first-order valence-corrected chi connectivity index (χ1v) is 7.90. The molecule has 114 valence electrons. The Bertz CT molecular complexity index is 778. The molecule has 0 bridgehead atoms. The van der Waals surface area contributed by atoms with Gasteiger partial charge in [-0.05, 0) is 49.7 Å². The first-order valence-electron chi connectivity index (χ1n) is 7.90. The molecule has 0 aromatic carbocycles. The number of hydrogen-bond acceptors (Lipinski definition) is 3. The van der Waals surface area contributed by atoms with Gasteiger partial charge in [0.1, 0.15) is 11.2 Å². The molecule has 5 nitrogen and oxygen atoms in total. The Balaban J connectivity index is 1.70. The van der Waals surface area contributed by atoms with Crippen LogP contribution in [-0.2, 0) is 0 Å². The molecule has 0 atom stereocenters. The van der Waals surface area contributed by atoms with E-state index in [1.165, 1.54) is 36.3 Å². The van der Waals surface area contributed by atoms with Gasteiger partial charge in [-0.2, -0.15) is 0 Å². The summed E-state index contributed by atoms with van der Waals surface area (Å²) in [5, 5.41) is 0. The van der Waals surface area contributed by atoms with Gasteiger partial charge in [-0.15, -0.1) is 0 Å². The van der Waals surface area contributed by atoms with Gasteiger partial charge in [-0.1, -0.05) is 6.07 Å². The van der Waals surface area contributed by atoms with Gasteiger partial charge < -0.3 is 4.90 Å². The lowest BCUT2D eigenvalue weighted by Gasteiger charge is -2.28. The molecule has 0 radical (unpaired) electrons. The smallest absolute Gasteiger partial charge is 0.270 e. The minimum atomic E-state index is -0.284. The number of amides is 1. The minimum Gasteiger partial charge on any atom is -0.338 e. The molecule has 5 heteroatoms. The van der Waals surface area contributed by atoms with E-state index in [-0.39, 0.29) is 17.0 Å². The summed E-state index contributed by atoms with van der Waals surface area (Å²) >= 11 is 0. The number of nitrogens with zero attached hydrogens (tertiary/aromatic N) is 3. The van der Waals surface area contributed by atoms with E-state index in [0.717, 1.165) is 0 Å². The van der Waals surface area contributed by atoms with Crippen molar-refractivity contribution in [1.82, 2.24) is 14.3 Å². The molecule has 0 saturated heterocycles. The van der Waals surface area contributed by atoms with Gasteiger partial charge in [0.25, 0.3) is 11.5 Å². The summed E-state index contributed by atoms with van der Waals surface area (Å²) < 4.78 is 1.43. The van der Waals surface area contributed by atoms with Crippen molar-refractivity contribution >= 4 is 11.6 Å². The molecular weight excluding hydrogens is 278 g/mol. The summed E-state index contributed by atoms with van der Waals surface area (Å²) in [6, 6.07) is 5.65. The third-order valence-corrected chi connectivity index (χ3v) is 4.82. The summed E-state index contributed by atoms with van der Waals surface area (Å²) in [4.78, 5) is 31.4. The maximum atomic E-state index is 12.8. The summed E-state index contributed by atoms with van der Waals surface area (Å²) in [5.74, 6) is 1.05. The van der Waals surface area contributed by atoms with Crippen molar-refractivity contribution in [3.05, 3.63) is 46.5 Å². The summed E-state index contributed by atoms with van der Waals surface area (Å²) in [7, 11) is 1.84. The zero-order chi connectivity index (χ0) is 15.3. The lowest BCUT2D eigenvalue weighted by molar-refractivity contribution is 0.0687. The maximum absolute atomic E-state index is 12.8. The molecule has 2 aliphatic carbocycles. The van der Waals surface area contributed by atoms with Gasteiger partial charge in [0, 0.05) is 25.5 Å². The molecule has 2 saturated carbocycles. The van der Waals surface area contributed by atoms with Crippen molar-refractivity contribution in [3.63, 3.8) is 0 Å². The molecule has 0 unspecified atom stereocenters. The highest BCUT2D eigenvalue weighted by Gasteiger charge is 2.45. The van der Waals surface area contributed by atoms with Crippen LogP contribution < -0.4 is 5.56 Å². The van der Waals surface area contributed by atoms with Gasteiger partial charge in [0.2, 0.25) is 0 Å². The van der Waals surface area contributed by atoms with Crippen molar-refractivity contribution in [2.75, 3.05) is 7.05 Å². The first-order chi connectivity index (χ1) is 10.7. The Morgan fingerprint density at radius 2 is 1.95 bits per heavy atom. The number of pyridine rings is 1. The highest BCUT2D eigenvalue weighted by atomic mass is 16.2. The van der Waals surface area contributed by atoms with E-state index in [2.05, 4.69) is 4.98 Å². The van der Waals surface area contributed by atoms with Crippen molar-refractivity contribution in [3.8, 4) is 0 Å². The van der Waals surface area contributed by atoms with Gasteiger partial charge in [0.15, 0.2) is 0 Å². The molecule has 4 rings (SSSR count). The number of aromatic nitrogens is 2. The molecule has 2 fully saturated rings. The van der Waals surface area contributed by atoms with E-state index in [0.29, 0.717) is 23.5 Å². The van der Waals surface area contributed by atoms with Crippen LogP contribution in [-0.4, -0.2) is 33.3 Å². The highest BCUT2D eigenvalue weighted by molar-refractivity contribution is 5.93. The van der Waals surface area contributed by atoms with E-state index >= 15 is 0 Å². The molecule has 2 aromatic rings. The quantitative estimate of drug-likeness (QED) is 0.867.